The molecule has 0 saturated carbocycles. The van der Waals surface area contributed by atoms with E-state index in [1.54, 1.807) is 14.2 Å². The first kappa shape index (κ1) is 11.9. The first-order chi connectivity index (χ1) is 6.77. The van der Waals surface area contributed by atoms with Crippen LogP contribution in [0, 0.1) is 5.92 Å². The number of hydrogen-bond donors (Lipinski definition) is 1. The minimum atomic E-state index is -0.153. The molecule has 0 aromatic heterocycles. The molecule has 0 amide bonds. The Balaban J connectivity index is 2.15. The van der Waals surface area contributed by atoms with Crippen molar-refractivity contribution in [3.63, 3.8) is 0 Å². The summed E-state index contributed by atoms with van der Waals surface area (Å²) in [6.07, 6.45) is 0.999. The van der Waals surface area contributed by atoms with E-state index >= 15 is 0 Å². The molecule has 2 atom stereocenters. The maximum Gasteiger partial charge on any atom is 0.169 e. The SMILES string of the molecule is COC(CN[C@H](C)[C@H]1CCOC1)OC. The van der Waals surface area contributed by atoms with Crippen LogP contribution in [0.5, 0.6) is 0 Å². The second-order valence-electron chi connectivity index (χ2n) is 3.72. The van der Waals surface area contributed by atoms with Gasteiger partial charge in [0.25, 0.3) is 0 Å². The van der Waals surface area contributed by atoms with Gasteiger partial charge in [-0.3, -0.25) is 0 Å². The smallest absolute Gasteiger partial charge is 0.169 e. The van der Waals surface area contributed by atoms with Crippen molar-refractivity contribution in [3.05, 3.63) is 0 Å². The van der Waals surface area contributed by atoms with Crippen LogP contribution in [0.2, 0.25) is 0 Å². The molecule has 1 aliphatic heterocycles. The van der Waals surface area contributed by atoms with E-state index in [-0.39, 0.29) is 6.29 Å². The Hall–Kier alpha value is -0.160. The molecule has 0 spiro atoms. The number of rotatable bonds is 6. The molecular formula is C10H21NO3. The van der Waals surface area contributed by atoms with Crippen LogP contribution in [0.3, 0.4) is 0 Å². The monoisotopic (exact) mass is 203 g/mol. The largest absolute Gasteiger partial charge is 0.381 e. The zero-order valence-corrected chi connectivity index (χ0v) is 9.29. The van der Waals surface area contributed by atoms with Gasteiger partial charge in [-0.1, -0.05) is 0 Å². The Morgan fingerprint density at radius 1 is 1.43 bits per heavy atom. The van der Waals surface area contributed by atoms with E-state index in [0.29, 0.717) is 12.0 Å². The van der Waals surface area contributed by atoms with Gasteiger partial charge < -0.3 is 19.5 Å². The standard InChI is InChI=1S/C10H21NO3/c1-8(9-4-5-14-7-9)11-6-10(12-2)13-3/h8-11H,4-7H2,1-3H3/t8-,9+/m1/s1. The molecule has 1 heterocycles. The molecule has 1 rings (SSSR count). The van der Waals surface area contributed by atoms with E-state index < -0.39 is 0 Å². The van der Waals surface area contributed by atoms with Crippen molar-refractivity contribution in [2.45, 2.75) is 25.7 Å². The first-order valence-corrected chi connectivity index (χ1v) is 5.14. The summed E-state index contributed by atoms with van der Waals surface area (Å²) in [5.74, 6) is 0.629. The number of hydrogen-bond acceptors (Lipinski definition) is 4. The van der Waals surface area contributed by atoms with E-state index in [4.69, 9.17) is 14.2 Å². The number of methoxy groups -OCH3 is 2. The quantitative estimate of drug-likeness (QED) is 0.642. The zero-order valence-electron chi connectivity index (χ0n) is 9.29. The maximum absolute atomic E-state index is 5.34. The summed E-state index contributed by atoms with van der Waals surface area (Å²) in [5.41, 5.74) is 0. The lowest BCUT2D eigenvalue weighted by Crippen LogP contribution is -2.39. The Morgan fingerprint density at radius 3 is 2.64 bits per heavy atom. The molecule has 0 unspecified atom stereocenters. The molecule has 0 aliphatic carbocycles. The van der Waals surface area contributed by atoms with Gasteiger partial charge in [-0.25, -0.2) is 0 Å². The minimum absolute atomic E-state index is 0.153. The summed E-state index contributed by atoms with van der Waals surface area (Å²) >= 11 is 0. The molecule has 0 radical (unpaired) electrons. The van der Waals surface area contributed by atoms with Gasteiger partial charge >= 0.3 is 0 Å². The summed E-state index contributed by atoms with van der Waals surface area (Å²) in [5, 5.41) is 3.40. The average Bonchev–Trinajstić information content (AvgIpc) is 2.72. The van der Waals surface area contributed by atoms with E-state index in [2.05, 4.69) is 12.2 Å². The van der Waals surface area contributed by atoms with Crippen molar-refractivity contribution < 1.29 is 14.2 Å². The summed E-state index contributed by atoms with van der Waals surface area (Å²) in [7, 11) is 3.30. The Morgan fingerprint density at radius 2 is 2.14 bits per heavy atom. The van der Waals surface area contributed by atoms with E-state index in [1.165, 1.54) is 0 Å². The normalized spacial score (nSPS) is 24.4. The molecule has 0 bridgehead atoms. The summed E-state index contributed by atoms with van der Waals surface area (Å²) in [4.78, 5) is 0. The van der Waals surface area contributed by atoms with Crippen molar-refractivity contribution in [2.75, 3.05) is 34.0 Å². The second-order valence-corrected chi connectivity index (χ2v) is 3.72. The molecule has 4 heteroatoms. The van der Waals surface area contributed by atoms with Gasteiger partial charge in [0, 0.05) is 33.4 Å². The Kier molecular flexibility index (Phi) is 5.40. The fourth-order valence-corrected chi connectivity index (χ4v) is 1.66. The number of ether oxygens (including phenoxy) is 3. The molecule has 1 aliphatic rings. The summed E-state index contributed by atoms with van der Waals surface area (Å²) in [6, 6.07) is 0.463. The van der Waals surface area contributed by atoms with Crippen molar-refractivity contribution in [1.82, 2.24) is 5.32 Å². The molecule has 1 saturated heterocycles. The lowest BCUT2D eigenvalue weighted by atomic mass is 10.0. The molecule has 4 nitrogen and oxygen atoms in total. The predicted molar refractivity (Wildman–Crippen MR) is 54.2 cm³/mol. The fourth-order valence-electron chi connectivity index (χ4n) is 1.66. The third kappa shape index (κ3) is 3.53. The highest BCUT2D eigenvalue weighted by molar-refractivity contribution is 4.75. The highest BCUT2D eigenvalue weighted by atomic mass is 16.7. The predicted octanol–water partition coefficient (Wildman–Crippen LogP) is 0.620. The topological polar surface area (TPSA) is 39.7 Å². The van der Waals surface area contributed by atoms with Crippen molar-refractivity contribution >= 4 is 0 Å². The van der Waals surface area contributed by atoms with Crippen LogP contribution >= 0.6 is 0 Å². The molecule has 1 N–H and O–H groups in total. The highest BCUT2D eigenvalue weighted by Gasteiger charge is 2.22. The minimum Gasteiger partial charge on any atom is -0.381 e. The van der Waals surface area contributed by atoms with Gasteiger partial charge in [0.15, 0.2) is 6.29 Å². The molecule has 0 aromatic rings. The molecule has 14 heavy (non-hydrogen) atoms. The highest BCUT2D eigenvalue weighted by Crippen LogP contribution is 2.16. The summed E-state index contributed by atoms with van der Waals surface area (Å²) in [6.45, 7) is 4.68. The average molecular weight is 203 g/mol. The number of nitrogens with one attached hydrogen (secondary N) is 1. The second kappa shape index (κ2) is 6.35. The first-order valence-electron chi connectivity index (χ1n) is 5.14. The van der Waals surface area contributed by atoms with Crippen LogP contribution in [0.15, 0.2) is 0 Å². The van der Waals surface area contributed by atoms with Gasteiger partial charge in [0.2, 0.25) is 0 Å². The van der Waals surface area contributed by atoms with Crippen molar-refractivity contribution in [1.29, 1.82) is 0 Å². The van der Waals surface area contributed by atoms with Crippen LogP contribution in [-0.2, 0) is 14.2 Å². The zero-order chi connectivity index (χ0) is 10.4. The van der Waals surface area contributed by atoms with Gasteiger partial charge in [0.05, 0.1) is 6.61 Å². The molecule has 1 fully saturated rings. The Labute approximate surface area is 85.9 Å². The fraction of sp³-hybridized carbons (Fsp3) is 1.00. The summed E-state index contributed by atoms with van der Waals surface area (Å²) < 4.78 is 15.5. The van der Waals surface area contributed by atoms with Gasteiger partial charge in [-0.15, -0.1) is 0 Å². The van der Waals surface area contributed by atoms with E-state index in [0.717, 1.165) is 26.2 Å². The van der Waals surface area contributed by atoms with E-state index in [1.807, 2.05) is 0 Å². The van der Waals surface area contributed by atoms with Gasteiger partial charge in [0.1, 0.15) is 0 Å². The van der Waals surface area contributed by atoms with Crippen LogP contribution in [0.25, 0.3) is 0 Å². The van der Waals surface area contributed by atoms with Crippen molar-refractivity contribution in [3.8, 4) is 0 Å². The van der Waals surface area contributed by atoms with Crippen LogP contribution < -0.4 is 5.32 Å². The van der Waals surface area contributed by atoms with Crippen LogP contribution in [-0.4, -0.2) is 46.3 Å². The lowest BCUT2D eigenvalue weighted by molar-refractivity contribution is -0.100. The van der Waals surface area contributed by atoms with E-state index in [9.17, 15) is 0 Å². The third-order valence-electron chi connectivity index (χ3n) is 2.80. The molecule has 0 aromatic carbocycles. The Bertz CT molecular complexity index is 144. The third-order valence-corrected chi connectivity index (χ3v) is 2.80. The molecular weight excluding hydrogens is 182 g/mol. The van der Waals surface area contributed by atoms with Gasteiger partial charge in [-0.05, 0) is 19.3 Å². The van der Waals surface area contributed by atoms with Crippen molar-refractivity contribution in [2.24, 2.45) is 5.92 Å². The molecule has 84 valence electrons. The van der Waals surface area contributed by atoms with Crippen LogP contribution in [0.4, 0.5) is 0 Å². The lowest BCUT2D eigenvalue weighted by Gasteiger charge is -2.22. The maximum atomic E-state index is 5.34. The van der Waals surface area contributed by atoms with Gasteiger partial charge in [-0.2, -0.15) is 0 Å². The van der Waals surface area contributed by atoms with Crippen LogP contribution in [0.1, 0.15) is 13.3 Å².